The molecule has 0 unspecified atom stereocenters. The summed E-state index contributed by atoms with van der Waals surface area (Å²) < 4.78 is 49.7. The average molecular weight is 1250 g/mol. The van der Waals surface area contributed by atoms with Crippen LogP contribution in [-0.2, 0) is 44.1 Å². The Morgan fingerprint density at radius 3 is 1.43 bits per heavy atom. The number of aryl methyl sites for hydroxylation is 2. The lowest BCUT2D eigenvalue weighted by Crippen LogP contribution is -2.64. The molecule has 0 bridgehead atoms. The zero-order valence-electron chi connectivity index (χ0n) is 51.6. The lowest BCUT2D eigenvalue weighted by atomic mass is 9.81. The molecule has 2 saturated carbocycles. The molecule has 0 spiro atoms. The number of rotatable bonds is 18. The van der Waals surface area contributed by atoms with E-state index in [0.717, 1.165) is 120 Å². The van der Waals surface area contributed by atoms with Crippen molar-refractivity contribution < 1.29 is 37.7 Å². The highest BCUT2D eigenvalue weighted by atomic mass is 19.1. The first kappa shape index (κ1) is 61.2. The van der Waals surface area contributed by atoms with Crippen LogP contribution >= 0.6 is 0 Å². The standard InChI is InChI=1S/C36H34FN7O3.C35H32FN7O3/c1-23-12-13-39-27(16-23)20-44-32-18-25(36(45)46-2)8-9-29(32)40-34(44)21-42-14-15-43(31-11-10-30(31)42)33-4-3-5-35(41-33)47-22-26-7-6-24(19-38)17-28(26)37;1-22-11-12-38-26(15-22)19-43-31-17-24(35(44)45)7-8-28(31)39-33(43)20-41-13-14-42(30-10-9-29(30)41)32-3-2-4-34(40-32)46-21-25-6-5-23(18-37)16-27(25)36/h3-9,12-13,16-18,30-31H,10-11,14-15,20-22H2,1-2H3;2-8,11-12,15-17,29-30H,9-10,13-14,19-21H2,1H3,(H,44,45)/t30-,31+;29-,30+/m11/s1. The van der Waals surface area contributed by atoms with Gasteiger partial charge in [0, 0.05) is 86.0 Å². The van der Waals surface area contributed by atoms with E-state index in [1.165, 1.54) is 19.2 Å². The zero-order chi connectivity index (χ0) is 64.3. The van der Waals surface area contributed by atoms with Gasteiger partial charge < -0.3 is 38.3 Å². The largest absolute Gasteiger partial charge is 0.478 e. The first-order valence-corrected chi connectivity index (χ1v) is 31.0. The molecule has 0 amide bonds. The minimum absolute atomic E-state index is 0.0147. The van der Waals surface area contributed by atoms with Crippen LogP contribution in [0.25, 0.3) is 22.1 Å². The van der Waals surface area contributed by atoms with Crippen LogP contribution in [0.1, 0.15) is 103 Å². The molecule has 2 aliphatic heterocycles. The molecule has 20 nitrogen and oxygen atoms in total. The molecule has 93 heavy (non-hydrogen) atoms. The van der Waals surface area contributed by atoms with Gasteiger partial charge in [-0.15, -0.1) is 0 Å². The number of imidazole rings is 2. The monoisotopic (exact) mass is 1250 g/mol. The predicted octanol–water partition coefficient (Wildman–Crippen LogP) is 10.7. The van der Waals surface area contributed by atoms with Crippen molar-refractivity contribution in [1.29, 1.82) is 10.5 Å². The Morgan fingerprint density at radius 1 is 0.548 bits per heavy atom. The fourth-order valence-corrected chi connectivity index (χ4v) is 13.0. The maximum absolute atomic E-state index is 14.4. The number of ether oxygens (including phenoxy) is 3. The van der Waals surface area contributed by atoms with Crippen LogP contribution in [0.3, 0.4) is 0 Å². The van der Waals surface area contributed by atoms with Gasteiger partial charge in [-0.2, -0.15) is 20.5 Å². The molecule has 4 fully saturated rings. The maximum Gasteiger partial charge on any atom is 0.337 e. The van der Waals surface area contributed by atoms with Crippen LogP contribution in [-0.4, -0.2) is 123 Å². The molecule has 4 aliphatic rings. The maximum atomic E-state index is 14.4. The molecule has 4 aromatic carbocycles. The number of carbonyl (C=O) groups excluding carboxylic acids is 1. The molecule has 2 aliphatic carbocycles. The highest BCUT2D eigenvalue weighted by molar-refractivity contribution is 5.94. The van der Waals surface area contributed by atoms with Gasteiger partial charge in [-0.1, -0.05) is 24.3 Å². The van der Waals surface area contributed by atoms with Crippen molar-refractivity contribution in [2.45, 2.75) is 103 Å². The van der Waals surface area contributed by atoms with Crippen molar-refractivity contribution in [3.63, 3.8) is 0 Å². The summed E-state index contributed by atoms with van der Waals surface area (Å²) in [7, 11) is 1.39. The van der Waals surface area contributed by atoms with Crippen LogP contribution in [0.4, 0.5) is 20.4 Å². The van der Waals surface area contributed by atoms with Gasteiger partial charge in [-0.25, -0.2) is 28.3 Å². The summed E-state index contributed by atoms with van der Waals surface area (Å²) in [6.07, 6.45) is 7.83. The van der Waals surface area contributed by atoms with E-state index in [0.29, 0.717) is 72.8 Å². The lowest BCUT2D eigenvalue weighted by molar-refractivity contribution is 0.0599. The smallest absolute Gasteiger partial charge is 0.337 e. The van der Waals surface area contributed by atoms with Crippen LogP contribution in [0.2, 0.25) is 0 Å². The number of methoxy groups -OCH3 is 1. The number of nitrogens with zero attached hydrogens (tertiary/aromatic N) is 14. The van der Waals surface area contributed by atoms with Crippen LogP contribution in [0, 0.1) is 48.1 Å². The number of halogens is 2. The van der Waals surface area contributed by atoms with E-state index >= 15 is 0 Å². The van der Waals surface area contributed by atoms with Gasteiger partial charge in [-0.05, 0) is 148 Å². The number of hydrogen-bond donors (Lipinski definition) is 1. The molecule has 0 radical (unpaired) electrons. The molecule has 470 valence electrons. The van der Waals surface area contributed by atoms with Crippen molar-refractivity contribution in [3.05, 3.63) is 225 Å². The van der Waals surface area contributed by atoms with Gasteiger partial charge in [0.25, 0.3) is 0 Å². The van der Waals surface area contributed by atoms with Gasteiger partial charge in [0.15, 0.2) is 0 Å². The van der Waals surface area contributed by atoms with Crippen LogP contribution in [0.5, 0.6) is 11.8 Å². The topological polar surface area (TPSA) is 230 Å². The Morgan fingerprint density at radius 2 is 1.01 bits per heavy atom. The number of esters is 1. The fourth-order valence-electron chi connectivity index (χ4n) is 13.0. The number of pyridine rings is 4. The van der Waals surface area contributed by atoms with Gasteiger partial charge in [0.1, 0.15) is 48.1 Å². The van der Waals surface area contributed by atoms with Gasteiger partial charge in [0.05, 0.1) is 101 Å². The summed E-state index contributed by atoms with van der Waals surface area (Å²) in [5.41, 5.74) is 9.29. The molecule has 2 saturated heterocycles. The highest BCUT2D eigenvalue weighted by Gasteiger charge is 2.45. The normalized spacial score (nSPS) is 17.6. The number of nitriles is 2. The Balaban J connectivity index is 0.000000169. The number of piperazine rings is 2. The van der Waals surface area contributed by atoms with E-state index in [2.05, 4.69) is 51.7 Å². The van der Waals surface area contributed by atoms with Crippen molar-refractivity contribution in [3.8, 4) is 23.9 Å². The molecule has 8 heterocycles. The van der Waals surface area contributed by atoms with E-state index in [4.69, 9.17) is 44.7 Å². The lowest BCUT2D eigenvalue weighted by Gasteiger charge is -2.54. The number of aromatic nitrogens is 8. The fraction of sp³-hybridized carbons (Fsp3) is 0.296. The summed E-state index contributed by atoms with van der Waals surface area (Å²) in [5, 5.41) is 27.6. The molecule has 10 aromatic rings. The second-order valence-corrected chi connectivity index (χ2v) is 23.9. The predicted molar refractivity (Wildman–Crippen MR) is 342 cm³/mol. The molecular formula is C71H66F2N14O6. The molecule has 1 N–H and O–H groups in total. The molecular weight excluding hydrogens is 1180 g/mol. The van der Waals surface area contributed by atoms with E-state index < -0.39 is 17.6 Å². The van der Waals surface area contributed by atoms with E-state index in [1.807, 2.05) is 79.9 Å². The van der Waals surface area contributed by atoms with Crippen molar-refractivity contribution in [1.82, 2.24) is 48.8 Å². The Hall–Kier alpha value is -10.7. The third-order valence-corrected chi connectivity index (χ3v) is 18.1. The SMILES string of the molecule is COC(=O)c1ccc2nc(CN3CCN(c4cccc(OCc5ccc(C#N)cc5F)n4)[C@H]4CC[C@H]43)n(Cc3cc(C)ccn3)c2c1.Cc1ccnc(Cn2c(CN3CCN(c4cccc(OCc5ccc(C#N)cc5F)n4)[C@H]4CC[C@H]43)nc3ccc(C(=O)O)cc32)c1. The minimum atomic E-state index is -0.970. The summed E-state index contributed by atoms with van der Waals surface area (Å²) in [6, 6.07) is 43.8. The Labute approximate surface area is 535 Å². The number of aromatic carboxylic acids is 1. The summed E-state index contributed by atoms with van der Waals surface area (Å²) in [5.74, 6) is 2.01. The number of benzene rings is 4. The molecule has 4 atom stereocenters. The number of anilines is 2. The first-order valence-electron chi connectivity index (χ1n) is 31.0. The third kappa shape index (κ3) is 13.1. The van der Waals surface area contributed by atoms with Crippen LogP contribution in [0.15, 0.2) is 146 Å². The van der Waals surface area contributed by atoms with E-state index in [-0.39, 0.29) is 41.9 Å². The quantitative estimate of drug-likeness (QED) is 0.0787. The number of carboxylic acid groups (broad SMARTS) is 1. The number of hydrogen-bond acceptors (Lipinski definition) is 17. The Bertz CT molecular complexity index is 4560. The zero-order valence-corrected chi connectivity index (χ0v) is 51.6. The van der Waals surface area contributed by atoms with Crippen LogP contribution < -0.4 is 19.3 Å². The second-order valence-electron chi connectivity index (χ2n) is 23.9. The average Bonchev–Trinajstić information content (AvgIpc) is 1.69. The number of carboxylic acids is 1. The van der Waals surface area contributed by atoms with E-state index in [1.54, 1.807) is 66.9 Å². The second kappa shape index (κ2) is 26.6. The highest BCUT2D eigenvalue weighted by Crippen LogP contribution is 2.39. The summed E-state index contributed by atoms with van der Waals surface area (Å²) in [6.45, 7) is 9.62. The van der Waals surface area contributed by atoms with Gasteiger partial charge >= 0.3 is 11.9 Å². The van der Waals surface area contributed by atoms with Crippen molar-refractivity contribution in [2.75, 3.05) is 43.1 Å². The summed E-state index contributed by atoms with van der Waals surface area (Å²) >= 11 is 0. The van der Waals surface area contributed by atoms with Gasteiger partial charge in [0.2, 0.25) is 11.8 Å². The first-order chi connectivity index (χ1) is 45.2. The number of fused-ring (bicyclic) bond motifs is 4. The van der Waals surface area contributed by atoms with E-state index in [9.17, 15) is 23.5 Å². The van der Waals surface area contributed by atoms with Crippen molar-refractivity contribution in [2.24, 2.45) is 0 Å². The molecule has 22 heteroatoms. The summed E-state index contributed by atoms with van der Waals surface area (Å²) in [4.78, 5) is 62.5. The van der Waals surface area contributed by atoms with Crippen molar-refractivity contribution >= 4 is 45.6 Å². The van der Waals surface area contributed by atoms with Gasteiger partial charge in [-0.3, -0.25) is 19.8 Å². The molecule has 6 aromatic heterocycles. The Kier molecular flexibility index (Phi) is 17.5. The third-order valence-electron chi connectivity index (χ3n) is 18.1. The number of carbonyl (C=O) groups is 2. The molecule has 14 rings (SSSR count). The minimum Gasteiger partial charge on any atom is -0.478 e.